The van der Waals surface area contributed by atoms with Gasteiger partial charge in [0.15, 0.2) is 6.61 Å². The smallest absolute Gasteiger partial charge is 0.309 e. The van der Waals surface area contributed by atoms with Gasteiger partial charge in [-0.15, -0.1) is 0 Å². The van der Waals surface area contributed by atoms with E-state index in [0.717, 1.165) is 12.3 Å². The average Bonchev–Trinajstić information content (AvgIpc) is 2.60. The quantitative estimate of drug-likeness (QED) is 0.418. The first kappa shape index (κ1) is 21.1. The van der Waals surface area contributed by atoms with Crippen LogP contribution in [0.4, 0.5) is 11.4 Å². The maximum absolute atomic E-state index is 12.0. The molecule has 1 N–H and O–H groups in total. The van der Waals surface area contributed by atoms with Gasteiger partial charge < -0.3 is 10.1 Å². The Hall–Kier alpha value is -2.24. The minimum Gasteiger partial charge on any atom is -0.455 e. The van der Waals surface area contributed by atoms with Crippen molar-refractivity contribution in [3.8, 4) is 0 Å². The zero-order valence-corrected chi connectivity index (χ0v) is 16.0. The third-order valence-electron chi connectivity index (χ3n) is 4.04. The van der Waals surface area contributed by atoms with E-state index in [0.29, 0.717) is 12.8 Å². The summed E-state index contributed by atoms with van der Waals surface area (Å²) in [6.07, 6.45) is 1.73. The van der Waals surface area contributed by atoms with E-state index in [1.807, 2.05) is 0 Å². The van der Waals surface area contributed by atoms with Gasteiger partial charge in [0.25, 0.3) is 11.6 Å². The standard InChI is InChI=1S/C15H18ClN3O7S/c1-27(24,25)18-6-4-10(5-7-18)15(21)26-9-14(20)17-13-8-11(19(22)23)2-3-12(13)16/h2-3,8,10H,4-7,9H2,1H3,(H,17,20). The number of non-ortho nitro benzene ring substituents is 1. The number of sulfonamides is 1. The van der Waals surface area contributed by atoms with Gasteiger partial charge in [0.2, 0.25) is 10.0 Å². The minimum absolute atomic E-state index is 0.0355. The average molecular weight is 420 g/mol. The van der Waals surface area contributed by atoms with Crippen molar-refractivity contribution in [1.29, 1.82) is 0 Å². The molecule has 10 nitrogen and oxygen atoms in total. The summed E-state index contributed by atoms with van der Waals surface area (Å²) >= 11 is 5.88. The first-order chi connectivity index (χ1) is 12.6. The van der Waals surface area contributed by atoms with Gasteiger partial charge in [-0.25, -0.2) is 12.7 Å². The number of esters is 1. The second-order valence-corrected chi connectivity index (χ2v) is 8.40. The Bertz CT molecular complexity index is 851. The van der Waals surface area contributed by atoms with Gasteiger partial charge in [0.05, 0.1) is 27.8 Å². The highest BCUT2D eigenvalue weighted by molar-refractivity contribution is 7.88. The van der Waals surface area contributed by atoms with Crippen LogP contribution in [0.25, 0.3) is 0 Å². The normalized spacial score (nSPS) is 15.9. The number of nitro benzene ring substituents is 1. The van der Waals surface area contributed by atoms with Crippen LogP contribution in [0.2, 0.25) is 5.02 Å². The zero-order valence-electron chi connectivity index (χ0n) is 14.4. The molecular weight excluding hydrogens is 402 g/mol. The Kier molecular flexibility index (Phi) is 6.73. The summed E-state index contributed by atoms with van der Waals surface area (Å²) in [7, 11) is -3.29. The second kappa shape index (κ2) is 8.63. The van der Waals surface area contributed by atoms with Crippen LogP contribution in [0.5, 0.6) is 0 Å². The fourth-order valence-electron chi connectivity index (χ4n) is 2.59. The lowest BCUT2D eigenvalue weighted by Crippen LogP contribution is -2.40. The van der Waals surface area contributed by atoms with E-state index in [2.05, 4.69) is 5.32 Å². The van der Waals surface area contributed by atoms with Gasteiger partial charge in [-0.05, 0) is 18.9 Å². The van der Waals surface area contributed by atoms with E-state index in [1.54, 1.807) is 0 Å². The number of halogens is 1. The number of anilines is 1. The van der Waals surface area contributed by atoms with Crippen LogP contribution in [0.3, 0.4) is 0 Å². The Labute approximate surface area is 160 Å². The van der Waals surface area contributed by atoms with Crippen LogP contribution in [-0.4, -0.2) is 55.5 Å². The van der Waals surface area contributed by atoms with E-state index < -0.39 is 39.3 Å². The summed E-state index contributed by atoms with van der Waals surface area (Å²) in [5.74, 6) is -1.78. The Morgan fingerprint density at radius 2 is 2.00 bits per heavy atom. The van der Waals surface area contributed by atoms with Crippen molar-refractivity contribution in [2.45, 2.75) is 12.8 Å². The van der Waals surface area contributed by atoms with E-state index in [-0.39, 0.29) is 29.5 Å². The third kappa shape index (κ3) is 5.88. The van der Waals surface area contributed by atoms with Crippen LogP contribution in [0, 0.1) is 16.0 Å². The zero-order chi connectivity index (χ0) is 20.2. The summed E-state index contributed by atoms with van der Waals surface area (Å²) in [5, 5.41) is 13.2. The molecular formula is C15H18ClN3O7S. The lowest BCUT2D eigenvalue weighted by molar-refractivity contribution is -0.384. The van der Waals surface area contributed by atoms with E-state index >= 15 is 0 Å². The van der Waals surface area contributed by atoms with Crippen LogP contribution in [0.15, 0.2) is 18.2 Å². The van der Waals surface area contributed by atoms with Gasteiger partial charge in [-0.1, -0.05) is 11.6 Å². The molecule has 0 spiro atoms. The van der Waals surface area contributed by atoms with Gasteiger partial charge in [-0.3, -0.25) is 19.7 Å². The molecule has 2 rings (SSSR count). The largest absolute Gasteiger partial charge is 0.455 e. The highest BCUT2D eigenvalue weighted by Gasteiger charge is 2.30. The lowest BCUT2D eigenvalue weighted by atomic mass is 9.98. The number of benzene rings is 1. The van der Waals surface area contributed by atoms with E-state index in [4.69, 9.17) is 16.3 Å². The summed E-state index contributed by atoms with van der Waals surface area (Å²) in [6, 6.07) is 3.57. The molecule has 0 radical (unpaired) electrons. The number of amides is 1. The molecule has 1 aliphatic heterocycles. The molecule has 1 amide bonds. The van der Waals surface area contributed by atoms with Crippen molar-refractivity contribution in [3.63, 3.8) is 0 Å². The monoisotopic (exact) mass is 419 g/mol. The molecule has 0 aliphatic carbocycles. The molecule has 1 heterocycles. The Morgan fingerprint density at radius 1 is 1.37 bits per heavy atom. The highest BCUT2D eigenvalue weighted by Crippen LogP contribution is 2.26. The number of hydrogen-bond donors (Lipinski definition) is 1. The molecule has 1 aromatic rings. The summed E-state index contributed by atoms with van der Waals surface area (Å²) in [6.45, 7) is -0.147. The predicted octanol–water partition coefficient (Wildman–Crippen LogP) is 1.40. The molecule has 1 saturated heterocycles. The Morgan fingerprint density at radius 3 is 2.56 bits per heavy atom. The SMILES string of the molecule is CS(=O)(=O)N1CCC(C(=O)OCC(=O)Nc2cc([N+](=O)[O-])ccc2Cl)CC1. The maximum Gasteiger partial charge on any atom is 0.309 e. The molecule has 0 bridgehead atoms. The van der Waals surface area contributed by atoms with E-state index in [9.17, 15) is 28.1 Å². The number of rotatable bonds is 6. The highest BCUT2D eigenvalue weighted by atomic mass is 35.5. The number of nitrogens with zero attached hydrogens (tertiary/aromatic N) is 2. The topological polar surface area (TPSA) is 136 Å². The maximum atomic E-state index is 12.0. The number of piperidine rings is 1. The number of nitrogens with one attached hydrogen (secondary N) is 1. The second-order valence-electron chi connectivity index (χ2n) is 6.01. The molecule has 1 aromatic carbocycles. The van der Waals surface area contributed by atoms with Crippen LogP contribution in [-0.2, 0) is 24.3 Å². The first-order valence-corrected chi connectivity index (χ1v) is 10.2. The number of nitro groups is 1. The van der Waals surface area contributed by atoms with Gasteiger partial charge in [0, 0.05) is 25.2 Å². The molecule has 1 fully saturated rings. The van der Waals surface area contributed by atoms with Crippen molar-refractivity contribution in [2.75, 3.05) is 31.3 Å². The van der Waals surface area contributed by atoms with Crippen molar-refractivity contribution < 1.29 is 27.7 Å². The van der Waals surface area contributed by atoms with Crippen LogP contribution >= 0.6 is 11.6 Å². The van der Waals surface area contributed by atoms with Gasteiger partial charge in [0.1, 0.15) is 0 Å². The lowest BCUT2D eigenvalue weighted by Gasteiger charge is -2.28. The molecule has 0 aromatic heterocycles. The number of carbonyl (C=O) groups excluding carboxylic acids is 2. The van der Waals surface area contributed by atoms with Crippen LogP contribution < -0.4 is 5.32 Å². The molecule has 0 unspecified atom stereocenters. The predicted molar refractivity (Wildman–Crippen MR) is 96.8 cm³/mol. The van der Waals surface area contributed by atoms with Crippen molar-refractivity contribution in [1.82, 2.24) is 4.31 Å². The molecule has 0 atom stereocenters. The number of carbonyl (C=O) groups is 2. The number of ether oxygens (including phenoxy) is 1. The van der Waals surface area contributed by atoms with Gasteiger partial charge in [-0.2, -0.15) is 0 Å². The first-order valence-electron chi connectivity index (χ1n) is 7.93. The minimum atomic E-state index is -3.29. The molecule has 1 aliphatic rings. The molecule has 0 saturated carbocycles. The van der Waals surface area contributed by atoms with Crippen LogP contribution in [0.1, 0.15) is 12.8 Å². The summed E-state index contributed by atoms with van der Waals surface area (Å²) in [4.78, 5) is 34.1. The summed E-state index contributed by atoms with van der Waals surface area (Å²) < 4.78 is 29.1. The number of hydrogen-bond acceptors (Lipinski definition) is 7. The molecule has 27 heavy (non-hydrogen) atoms. The van der Waals surface area contributed by atoms with Crippen molar-refractivity contribution in [2.24, 2.45) is 5.92 Å². The van der Waals surface area contributed by atoms with Crippen molar-refractivity contribution >= 4 is 44.9 Å². The van der Waals surface area contributed by atoms with Crippen molar-refractivity contribution in [3.05, 3.63) is 33.3 Å². The van der Waals surface area contributed by atoms with Gasteiger partial charge >= 0.3 is 5.97 Å². The molecule has 148 valence electrons. The van der Waals surface area contributed by atoms with E-state index in [1.165, 1.54) is 16.4 Å². The Balaban J connectivity index is 1.85. The fraction of sp³-hybridized carbons (Fsp3) is 0.467. The molecule has 12 heteroatoms. The fourth-order valence-corrected chi connectivity index (χ4v) is 3.63. The third-order valence-corrected chi connectivity index (χ3v) is 5.67. The summed E-state index contributed by atoms with van der Waals surface area (Å²) in [5.41, 5.74) is -0.210.